The van der Waals surface area contributed by atoms with Crippen LogP contribution in [0.15, 0.2) is 15.9 Å². The van der Waals surface area contributed by atoms with Crippen molar-refractivity contribution in [3.63, 3.8) is 0 Å². The van der Waals surface area contributed by atoms with Crippen molar-refractivity contribution in [2.24, 2.45) is 11.3 Å². The summed E-state index contributed by atoms with van der Waals surface area (Å²) in [5.41, 5.74) is 0.512. The van der Waals surface area contributed by atoms with Crippen LogP contribution in [0.25, 0.3) is 0 Å². The summed E-state index contributed by atoms with van der Waals surface area (Å²) in [6.45, 7) is 14.8. The molecule has 1 atom stereocenters. The van der Waals surface area contributed by atoms with Crippen LogP contribution in [0, 0.1) is 11.3 Å². The highest BCUT2D eigenvalue weighted by Crippen LogP contribution is 2.33. The molecule has 0 aromatic carbocycles. The van der Waals surface area contributed by atoms with Crippen LogP contribution in [0.3, 0.4) is 0 Å². The number of hydrogen-bond donors (Lipinski definition) is 1. The molecule has 0 bridgehead atoms. The summed E-state index contributed by atoms with van der Waals surface area (Å²) in [6.07, 6.45) is 1.14. The van der Waals surface area contributed by atoms with Gasteiger partial charge in [0.05, 0.1) is 0 Å². The molecular weight excluding hydrogens is 306 g/mol. The Labute approximate surface area is 125 Å². The first kappa shape index (κ1) is 16.2. The van der Waals surface area contributed by atoms with Crippen LogP contribution in [0.1, 0.15) is 46.4 Å². The Bertz CT molecular complexity index is 371. The van der Waals surface area contributed by atoms with Crippen LogP contribution in [0.5, 0.6) is 0 Å². The Morgan fingerprint density at radius 3 is 2.22 bits per heavy atom. The molecule has 1 heterocycles. The molecule has 0 saturated heterocycles. The number of rotatable bonds is 4. The van der Waals surface area contributed by atoms with E-state index in [1.165, 1.54) is 9.35 Å². The lowest BCUT2D eigenvalue weighted by atomic mass is 9.78. The van der Waals surface area contributed by atoms with Crippen LogP contribution >= 0.6 is 27.3 Å². The number of halogens is 1. The molecule has 0 radical (unpaired) electrons. The lowest BCUT2D eigenvalue weighted by Crippen LogP contribution is -2.42. The number of thiophene rings is 1. The SMILES string of the molecule is CC(C)(C)NCC(Cc1sccc1Br)C(C)(C)C. The fourth-order valence-corrected chi connectivity index (χ4v) is 3.40. The topological polar surface area (TPSA) is 12.0 Å². The molecule has 0 aliphatic carbocycles. The van der Waals surface area contributed by atoms with Crippen molar-refractivity contribution in [2.75, 3.05) is 6.54 Å². The molecule has 0 amide bonds. The van der Waals surface area contributed by atoms with Crippen molar-refractivity contribution >= 4 is 27.3 Å². The normalized spacial score (nSPS) is 14.8. The van der Waals surface area contributed by atoms with Gasteiger partial charge in [0.25, 0.3) is 0 Å². The molecule has 104 valence electrons. The van der Waals surface area contributed by atoms with Gasteiger partial charge in [-0.25, -0.2) is 0 Å². The van der Waals surface area contributed by atoms with E-state index in [0.29, 0.717) is 11.3 Å². The van der Waals surface area contributed by atoms with Gasteiger partial charge in [0, 0.05) is 14.9 Å². The van der Waals surface area contributed by atoms with E-state index in [9.17, 15) is 0 Å². The third kappa shape index (κ3) is 5.41. The predicted molar refractivity (Wildman–Crippen MR) is 86.4 cm³/mol. The molecule has 1 rings (SSSR count). The van der Waals surface area contributed by atoms with Crippen LogP contribution in [0.4, 0.5) is 0 Å². The van der Waals surface area contributed by atoms with Gasteiger partial charge in [-0.15, -0.1) is 11.3 Å². The average molecular weight is 332 g/mol. The first-order chi connectivity index (χ1) is 8.09. The second-order valence-corrected chi connectivity index (χ2v) is 8.94. The average Bonchev–Trinajstić information content (AvgIpc) is 2.55. The molecule has 1 nitrogen and oxygen atoms in total. The van der Waals surface area contributed by atoms with E-state index in [-0.39, 0.29) is 5.54 Å². The van der Waals surface area contributed by atoms with Crippen LogP contribution < -0.4 is 5.32 Å². The minimum Gasteiger partial charge on any atom is -0.312 e. The van der Waals surface area contributed by atoms with Gasteiger partial charge in [0.15, 0.2) is 0 Å². The summed E-state index contributed by atoms with van der Waals surface area (Å²) < 4.78 is 1.26. The molecule has 0 aliphatic rings. The van der Waals surface area contributed by atoms with Crippen LogP contribution in [-0.4, -0.2) is 12.1 Å². The first-order valence-electron chi connectivity index (χ1n) is 6.56. The summed E-state index contributed by atoms with van der Waals surface area (Å²) in [6, 6.07) is 2.15. The summed E-state index contributed by atoms with van der Waals surface area (Å²) >= 11 is 5.49. The summed E-state index contributed by atoms with van der Waals surface area (Å²) in [7, 11) is 0. The molecular formula is C15H26BrNS. The third-order valence-corrected chi connectivity index (χ3v) is 5.18. The van der Waals surface area contributed by atoms with E-state index in [4.69, 9.17) is 0 Å². The largest absolute Gasteiger partial charge is 0.312 e. The molecule has 0 fully saturated rings. The standard InChI is InChI=1S/C15H26BrNS/c1-14(2,3)11(10-17-15(4,5)6)9-13-12(16)7-8-18-13/h7-8,11,17H,9-10H2,1-6H3. The van der Waals surface area contributed by atoms with Crippen molar-refractivity contribution in [2.45, 2.75) is 53.5 Å². The van der Waals surface area contributed by atoms with E-state index < -0.39 is 0 Å². The molecule has 18 heavy (non-hydrogen) atoms. The van der Waals surface area contributed by atoms with E-state index in [1.807, 2.05) is 11.3 Å². The molecule has 3 heteroatoms. The number of nitrogens with one attached hydrogen (secondary N) is 1. The van der Waals surface area contributed by atoms with Gasteiger partial charge in [0.2, 0.25) is 0 Å². The Kier molecular flexibility index (Phi) is 5.45. The molecule has 0 aliphatic heterocycles. The zero-order chi connectivity index (χ0) is 14.0. The molecule has 0 spiro atoms. The van der Waals surface area contributed by atoms with Crippen LogP contribution in [-0.2, 0) is 6.42 Å². The van der Waals surface area contributed by atoms with Crippen molar-refractivity contribution in [3.8, 4) is 0 Å². The maximum atomic E-state index is 3.65. The summed E-state index contributed by atoms with van der Waals surface area (Å²) in [5.74, 6) is 0.645. The predicted octanol–water partition coefficient (Wildman–Crippen LogP) is 5.10. The Morgan fingerprint density at radius 2 is 1.83 bits per heavy atom. The quantitative estimate of drug-likeness (QED) is 0.808. The monoisotopic (exact) mass is 331 g/mol. The highest BCUT2D eigenvalue weighted by molar-refractivity contribution is 9.10. The highest BCUT2D eigenvalue weighted by atomic mass is 79.9. The molecule has 1 N–H and O–H groups in total. The van der Waals surface area contributed by atoms with Gasteiger partial charge < -0.3 is 5.32 Å². The van der Waals surface area contributed by atoms with Crippen LogP contribution in [0.2, 0.25) is 0 Å². The van der Waals surface area contributed by atoms with Crippen molar-refractivity contribution in [1.82, 2.24) is 5.32 Å². The summed E-state index contributed by atoms with van der Waals surface area (Å²) in [4.78, 5) is 1.46. The molecule has 1 aromatic rings. The molecule has 1 aromatic heterocycles. The van der Waals surface area contributed by atoms with Crippen molar-refractivity contribution in [3.05, 3.63) is 20.8 Å². The van der Waals surface area contributed by atoms with Crippen molar-refractivity contribution < 1.29 is 0 Å². The zero-order valence-corrected chi connectivity index (χ0v) is 14.8. The summed E-state index contributed by atoms with van der Waals surface area (Å²) in [5, 5.41) is 5.81. The van der Waals surface area contributed by atoms with Gasteiger partial charge in [-0.05, 0) is 72.4 Å². The molecule has 1 unspecified atom stereocenters. The maximum absolute atomic E-state index is 3.65. The Morgan fingerprint density at radius 1 is 1.22 bits per heavy atom. The van der Waals surface area contributed by atoms with Gasteiger partial charge in [-0.1, -0.05) is 20.8 Å². The lowest BCUT2D eigenvalue weighted by molar-refractivity contribution is 0.215. The van der Waals surface area contributed by atoms with Gasteiger partial charge in [0.1, 0.15) is 0 Å². The minimum atomic E-state index is 0.191. The third-order valence-electron chi connectivity index (χ3n) is 3.23. The van der Waals surface area contributed by atoms with Crippen molar-refractivity contribution in [1.29, 1.82) is 0 Å². The zero-order valence-electron chi connectivity index (χ0n) is 12.4. The maximum Gasteiger partial charge on any atom is 0.0314 e. The van der Waals surface area contributed by atoms with Gasteiger partial charge >= 0.3 is 0 Å². The highest BCUT2D eigenvalue weighted by Gasteiger charge is 2.27. The second-order valence-electron chi connectivity index (χ2n) is 7.09. The number of hydrogen-bond acceptors (Lipinski definition) is 2. The second kappa shape index (κ2) is 6.06. The van der Waals surface area contributed by atoms with Gasteiger partial charge in [-0.3, -0.25) is 0 Å². The lowest BCUT2D eigenvalue weighted by Gasteiger charge is -2.34. The van der Waals surface area contributed by atoms with E-state index >= 15 is 0 Å². The fraction of sp³-hybridized carbons (Fsp3) is 0.733. The fourth-order valence-electron chi connectivity index (χ4n) is 1.81. The Balaban J connectivity index is 2.71. The minimum absolute atomic E-state index is 0.191. The first-order valence-corrected chi connectivity index (χ1v) is 8.24. The van der Waals surface area contributed by atoms with E-state index in [0.717, 1.165) is 13.0 Å². The molecule has 0 saturated carbocycles. The van der Waals surface area contributed by atoms with E-state index in [1.54, 1.807) is 0 Å². The smallest absolute Gasteiger partial charge is 0.0314 e. The van der Waals surface area contributed by atoms with Gasteiger partial charge in [-0.2, -0.15) is 0 Å². The van der Waals surface area contributed by atoms with E-state index in [2.05, 4.69) is 74.2 Å². The Hall–Kier alpha value is 0.140.